The van der Waals surface area contributed by atoms with Gasteiger partial charge in [0.25, 0.3) is 0 Å². The third kappa shape index (κ3) is 13.4. The second-order valence-corrected chi connectivity index (χ2v) is 10.6. The van der Waals surface area contributed by atoms with Gasteiger partial charge in [-0.1, -0.05) is 114 Å². The first-order valence-electron chi connectivity index (χ1n) is 13.3. The van der Waals surface area contributed by atoms with Crippen LogP contribution in [0, 0.1) is 0 Å². The second-order valence-electron chi connectivity index (χ2n) is 9.12. The van der Waals surface area contributed by atoms with Crippen LogP contribution in [0.3, 0.4) is 0 Å². The van der Waals surface area contributed by atoms with Crippen molar-refractivity contribution in [2.45, 2.75) is 107 Å². The molecule has 0 aromatic heterocycles. The summed E-state index contributed by atoms with van der Waals surface area (Å²) < 4.78 is 5.03. The van der Waals surface area contributed by atoms with E-state index in [-0.39, 0.29) is 19.0 Å². The lowest BCUT2D eigenvalue weighted by Crippen LogP contribution is -2.09. The first-order valence-corrected chi connectivity index (χ1v) is 14.6. The smallest absolute Gasteiger partial charge is 0.310 e. The number of ether oxygens (including phenoxy) is 1. The van der Waals surface area contributed by atoms with E-state index in [2.05, 4.69) is 43.3 Å². The fraction of sp³-hybridized carbons (Fsp3) is 0.567. The summed E-state index contributed by atoms with van der Waals surface area (Å²) >= 11 is 7.30. The molecule has 2 aromatic carbocycles. The highest BCUT2D eigenvalue weighted by atomic mass is 35.5. The lowest BCUT2D eigenvalue weighted by atomic mass is 10.0. The molecule has 0 heterocycles. The zero-order chi connectivity index (χ0) is 24.3. The highest BCUT2D eigenvalue weighted by molar-refractivity contribution is 7.99. The van der Waals surface area contributed by atoms with Crippen molar-refractivity contribution in [2.75, 3.05) is 12.5 Å². The van der Waals surface area contributed by atoms with E-state index in [0.29, 0.717) is 5.88 Å². The van der Waals surface area contributed by atoms with Crippen molar-refractivity contribution in [3.63, 3.8) is 0 Å². The zero-order valence-corrected chi connectivity index (χ0v) is 22.6. The van der Waals surface area contributed by atoms with Gasteiger partial charge in [0.2, 0.25) is 0 Å². The van der Waals surface area contributed by atoms with Gasteiger partial charge in [-0.05, 0) is 48.2 Å². The van der Waals surface area contributed by atoms with E-state index in [1.165, 1.54) is 98.8 Å². The summed E-state index contributed by atoms with van der Waals surface area (Å²) in [6.45, 7) is 2.55. The van der Waals surface area contributed by atoms with Crippen molar-refractivity contribution in [1.82, 2.24) is 0 Å². The molecule has 0 amide bonds. The van der Waals surface area contributed by atoms with Crippen LogP contribution >= 0.6 is 23.4 Å². The number of rotatable bonds is 19. The molecule has 0 bridgehead atoms. The number of esters is 1. The summed E-state index contributed by atoms with van der Waals surface area (Å²) in [6.07, 6.45) is 18.2. The SMILES string of the molecule is CCCCCCCCCCCCCCc1ccc(Sc2ccc(CC(=O)OCCCl)cc2)cc1. The van der Waals surface area contributed by atoms with Gasteiger partial charge in [0.15, 0.2) is 0 Å². The molecule has 0 unspecified atom stereocenters. The van der Waals surface area contributed by atoms with Gasteiger partial charge < -0.3 is 4.74 Å². The van der Waals surface area contributed by atoms with Crippen molar-refractivity contribution in [2.24, 2.45) is 0 Å². The number of carbonyl (C=O) groups is 1. The average Bonchev–Trinajstić information content (AvgIpc) is 2.85. The van der Waals surface area contributed by atoms with Crippen LogP contribution in [-0.2, 0) is 22.4 Å². The summed E-state index contributed by atoms with van der Waals surface area (Å²) in [4.78, 5) is 14.1. The molecule has 0 saturated carbocycles. The van der Waals surface area contributed by atoms with Gasteiger partial charge in [0.1, 0.15) is 6.61 Å². The molecule has 0 saturated heterocycles. The largest absolute Gasteiger partial charge is 0.464 e. The summed E-state index contributed by atoms with van der Waals surface area (Å²) in [7, 11) is 0. The molecule has 0 spiro atoms. The summed E-state index contributed by atoms with van der Waals surface area (Å²) in [5.74, 6) is 0.101. The number of alkyl halides is 1. The molecule has 188 valence electrons. The van der Waals surface area contributed by atoms with E-state index >= 15 is 0 Å². The van der Waals surface area contributed by atoms with Gasteiger partial charge in [-0.2, -0.15) is 0 Å². The van der Waals surface area contributed by atoms with Crippen LogP contribution in [0.5, 0.6) is 0 Å². The Morgan fingerprint density at radius 1 is 0.706 bits per heavy atom. The van der Waals surface area contributed by atoms with E-state index < -0.39 is 0 Å². The van der Waals surface area contributed by atoms with E-state index in [9.17, 15) is 4.79 Å². The molecule has 2 aromatic rings. The Balaban J connectivity index is 1.56. The Labute approximate surface area is 217 Å². The summed E-state index contributed by atoms with van der Waals surface area (Å²) in [5.41, 5.74) is 2.39. The van der Waals surface area contributed by atoms with Crippen molar-refractivity contribution in [3.05, 3.63) is 59.7 Å². The highest BCUT2D eigenvalue weighted by Gasteiger charge is 2.05. The van der Waals surface area contributed by atoms with Crippen molar-refractivity contribution in [1.29, 1.82) is 0 Å². The van der Waals surface area contributed by atoms with Crippen LogP contribution < -0.4 is 0 Å². The molecule has 0 aliphatic carbocycles. The van der Waals surface area contributed by atoms with E-state index in [0.717, 1.165) is 5.56 Å². The number of hydrogen-bond donors (Lipinski definition) is 0. The van der Waals surface area contributed by atoms with Crippen LogP contribution in [0.15, 0.2) is 58.3 Å². The van der Waals surface area contributed by atoms with Gasteiger partial charge >= 0.3 is 5.97 Å². The first kappa shape index (κ1) is 28.8. The maximum atomic E-state index is 11.7. The lowest BCUT2D eigenvalue weighted by molar-refractivity contribution is -0.142. The topological polar surface area (TPSA) is 26.3 Å². The van der Waals surface area contributed by atoms with E-state index in [1.54, 1.807) is 11.8 Å². The zero-order valence-electron chi connectivity index (χ0n) is 21.0. The highest BCUT2D eigenvalue weighted by Crippen LogP contribution is 2.28. The molecule has 0 atom stereocenters. The number of halogens is 1. The molecule has 0 fully saturated rings. The molecular weight excluding hydrogens is 460 g/mol. The Morgan fingerprint density at radius 3 is 1.68 bits per heavy atom. The van der Waals surface area contributed by atoms with Crippen LogP contribution in [-0.4, -0.2) is 18.5 Å². The average molecular weight is 503 g/mol. The third-order valence-electron chi connectivity index (χ3n) is 6.09. The molecule has 0 aliphatic heterocycles. The number of carbonyl (C=O) groups excluding carboxylic acids is 1. The second kappa shape index (κ2) is 18.8. The molecule has 2 nitrogen and oxygen atoms in total. The van der Waals surface area contributed by atoms with Gasteiger partial charge in [0, 0.05) is 9.79 Å². The third-order valence-corrected chi connectivity index (χ3v) is 7.26. The monoisotopic (exact) mass is 502 g/mol. The normalized spacial score (nSPS) is 11.0. The Bertz CT molecular complexity index is 773. The van der Waals surface area contributed by atoms with Crippen molar-refractivity contribution in [3.8, 4) is 0 Å². The van der Waals surface area contributed by atoms with Crippen LogP contribution in [0.25, 0.3) is 0 Å². The Hall–Kier alpha value is -1.45. The van der Waals surface area contributed by atoms with Gasteiger partial charge in [0.05, 0.1) is 12.3 Å². The standard InChI is InChI=1S/C30H43ClO2S/c1-2-3-4-5-6-7-8-9-10-11-12-13-14-26-15-19-28(20-16-26)34-29-21-17-27(18-22-29)25-30(32)33-24-23-31/h15-22H,2-14,23-25H2,1H3. The Morgan fingerprint density at radius 2 is 1.18 bits per heavy atom. The van der Waals surface area contributed by atoms with Crippen molar-refractivity contribution < 1.29 is 9.53 Å². The first-order chi connectivity index (χ1) is 16.7. The van der Waals surface area contributed by atoms with Gasteiger partial charge in [-0.25, -0.2) is 0 Å². The minimum atomic E-state index is -0.232. The fourth-order valence-electron chi connectivity index (χ4n) is 4.08. The predicted octanol–water partition coefficient (Wildman–Crippen LogP) is 9.41. The van der Waals surface area contributed by atoms with Gasteiger partial charge in [-0.3, -0.25) is 4.79 Å². The molecule has 0 radical (unpaired) electrons. The fourth-order valence-corrected chi connectivity index (χ4v) is 4.97. The molecule has 34 heavy (non-hydrogen) atoms. The predicted molar refractivity (Wildman–Crippen MR) is 147 cm³/mol. The minimum Gasteiger partial charge on any atom is -0.464 e. The van der Waals surface area contributed by atoms with Crippen LogP contribution in [0.4, 0.5) is 0 Å². The lowest BCUT2D eigenvalue weighted by Gasteiger charge is -2.06. The number of hydrogen-bond acceptors (Lipinski definition) is 3. The van der Waals surface area contributed by atoms with E-state index in [1.807, 2.05) is 12.1 Å². The summed E-state index contributed by atoms with van der Waals surface area (Å²) in [6, 6.07) is 17.1. The van der Waals surface area contributed by atoms with E-state index in [4.69, 9.17) is 16.3 Å². The number of unbranched alkanes of at least 4 members (excludes halogenated alkanes) is 11. The maximum Gasteiger partial charge on any atom is 0.310 e. The molecular formula is C30H43ClO2S. The molecule has 0 aliphatic rings. The number of benzene rings is 2. The van der Waals surface area contributed by atoms with Crippen molar-refractivity contribution >= 4 is 29.3 Å². The van der Waals surface area contributed by atoms with Gasteiger partial charge in [-0.15, -0.1) is 11.6 Å². The quantitative estimate of drug-likeness (QED) is 0.109. The molecule has 2 rings (SSSR count). The number of aryl methyl sites for hydroxylation is 1. The summed E-state index contributed by atoms with van der Waals surface area (Å²) in [5, 5.41) is 0. The Kier molecular flexibility index (Phi) is 15.9. The minimum absolute atomic E-state index is 0.232. The van der Waals surface area contributed by atoms with Crippen LogP contribution in [0.2, 0.25) is 0 Å². The maximum absolute atomic E-state index is 11.7. The molecule has 0 N–H and O–H groups in total. The van der Waals surface area contributed by atoms with Crippen LogP contribution in [0.1, 0.15) is 95.1 Å². The molecule has 4 heteroatoms.